The van der Waals surface area contributed by atoms with Gasteiger partial charge in [0.25, 0.3) is 0 Å². The topological polar surface area (TPSA) is 55.6 Å². The maximum atomic E-state index is 12.5. The summed E-state index contributed by atoms with van der Waals surface area (Å²) in [4.78, 5) is 0. The van der Waals surface area contributed by atoms with E-state index in [1.807, 2.05) is 0 Å². The summed E-state index contributed by atoms with van der Waals surface area (Å²) < 4.78 is 38.5. The molecule has 8 heteroatoms. The first-order chi connectivity index (χ1) is 9.52. The van der Waals surface area contributed by atoms with E-state index in [1.165, 1.54) is 12.8 Å². The summed E-state index contributed by atoms with van der Waals surface area (Å²) in [6.07, 6.45) is -0.381. The van der Waals surface area contributed by atoms with Crippen LogP contribution in [0.1, 0.15) is 24.1 Å². The maximum absolute atomic E-state index is 12.5. The average Bonchev–Trinajstić information content (AvgIpc) is 3.09. The van der Waals surface area contributed by atoms with Crippen molar-refractivity contribution in [2.24, 2.45) is 0 Å². The SMILES string of the molecule is FC(F)(F)c1cnn(-c2ccc(CNC3CC3)nn2)c1. The second kappa shape index (κ2) is 4.86. The van der Waals surface area contributed by atoms with Crippen molar-refractivity contribution >= 4 is 0 Å². The molecule has 20 heavy (non-hydrogen) atoms. The number of nitrogens with one attached hydrogen (secondary N) is 1. The van der Waals surface area contributed by atoms with Gasteiger partial charge in [-0.2, -0.15) is 23.4 Å². The Morgan fingerprint density at radius 1 is 1.25 bits per heavy atom. The van der Waals surface area contributed by atoms with Crippen molar-refractivity contribution < 1.29 is 13.2 Å². The summed E-state index contributed by atoms with van der Waals surface area (Å²) in [7, 11) is 0. The Morgan fingerprint density at radius 3 is 2.60 bits per heavy atom. The molecule has 1 fully saturated rings. The van der Waals surface area contributed by atoms with Crippen molar-refractivity contribution in [1.29, 1.82) is 0 Å². The first-order valence-corrected chi connectivity index (χ1v) is 6.20. The predicted octanol–water partition coefficient (Wildman–Crippen LogP) is 1.93. The van der Waals surface area contributed by atoms with Crippen LogP contribution in [0.2, 0.25) is 0 Å². The van der Waals surface area contributed by atoms with E-state index in [4.69, 9.17) is 0 Å². The van der Waals surface area contributed by atoms with E-state index in [0.29, 0.717) is 12.6 Å². The highest BCUT2D eigenvalue weighted by Gasteiger charge is 2.32. The molecule has 0 unspecified atom stereocenters. The third kappa shape index (κ3) is 2.96. The van der Waals surface area contributed by atoms with Gasteiger partial charge in [0, 0.05) is 18.8 Å². The Bertz CT molecular complexity index is 586. The third-order valence-electron chi connectivity index (χ3n) is 3.00. The fourth-order valence-corrected chi connectivity index (χ4v) is 1.70. The van der Waals surface area contributed by atoms with Crippen molar-refractivity contribution in [3.05, 3.63) is 35.8 Å². The highest BCUT2D eigenvalue weighted by molar-refractivity contribution is 5.23. The zero-order valence-corrected chi connectivity index (χ0v) is 10.4. The lowest BCUT2D eigenvalue weighted by atomic mass is 10.3. The van der Waals surface area contributed by atoms with Crippen LogP contribution in [0.3, 0.4) is 0 Å². The van der Waals surface area contributed by atoms with Gasteiger partial charge in [-0.1, -0.05) is 0 Å². The molecular formula is C12H12F3N5. The summed E-state index contributed by atoms with van der Waals surface area (Å²) in [5.41, 5.74) is -0.0531. The summed E-state index contributed by atoms with van der Waals surface area (Å²) in [5.74, 6) is 0.260. The van der Waals surface area contributed by atoms with Gasteiger partial charge < -0.3 is 5.32 Å². The summed E-state index contributed by atoms with van der Waals surface area (Å²) in [6.45, 7) is 0.616. The smallest absolute Gasteiger partial charge is 0.308 e. The Balaban J connectivity index is 1.71. The number of nitrogens with zero attached hydrogens (tertiary/aromatic N) is 4. The molecule has 1 aliphatic rings. The van der Waals surface area contributed by atoms with Gasteiger partial charge in [-0.05, 0) is 25.0 Å². The lowest BCUT2D eigenvalue weighted by molar-refractivity contribution is -0.137. The molecule has 0 atom stereocenters. The number of aromatic nitrogens is 4. The van der Waals surface area contributed by atoms with Crippen LogP contribution in [0.5, 0.6) is 0 Å². The molecule has 0 bridgehead atoms. The average molecular weight is 283 g/mol. The highest BCUT2D eigenvalue weighted by Crippen LogP contribution is 2.28. The van der Waals surface area contributed by atoms with E-state index in [9.17, 15) is 13.2 Å². The summed E-state index contributed by atoms with van der Waals surface area (Å²) in [6, 6.07) is 3.90. The minimum atomic E-state index is -4.40. The van der Waals surface area contributed by atoms with E-state index < -0.39 is 11.7 Å². The Kier molecular flexibility index (Phi) is 3.17. The number of rotatable bonds is 4. The van der Waals surface area contributed by atoms with Crippen molar-refractivity contribution in [2.75, 3.05) is 0 Å². The molecule has 106 valence electrons. The lowest BCUT2D eigenvalue weighted by Crippen LogP contribution is -2.16. The van der Waals surface area contributed by atoms with Crippen LogP contribution in [0.15, 0.2) is 24.5 Å². The second-order valence-corrected chi connectivity index (χ2v) is 4.71. The Labute approximate surface area is 112 Å². The molecule has 1 aliphatic carbocycles. The third-order valence-corrected chi connectivity index (χ3v) is 3.00. The van der Waals surface area contributed by atoms with Gasteiger partial charge in [-0.25, -0.2) is 4.68 Å². The molecule has 1 saturated carbocycles. The van der Waals surface area contributed by atoms with Gasteiger partial charge in [0.15, 0.2) is 5.82 Å². The van der Waals surface area contributed by atoms with Gasteiger partial charge in [-0.3, -0.25) is 0 Å². The largest absolute Gasteiger partial charge is 0.419 e. The minimum Gasteiger partial charge on any atom is -0.308 e. The quantitative estimate of drug-likeness (QED) is 0.931. The zero-order valence-electron chi connectivity index (χ0n) is 10.4. The summed E-state index contributed by atoms with van der Waals surface area (Å²) >= 11 is 0. The van der Waals surface area contributed by atoms with Gasteiger partial charge in [0.1, 0.15) is 0 Å². The Hall–Kier alpha value is -1.96. The second-order valence-electron chi connectivity index (χ2n) is 4.71. The van der Waals surface area contributed by atoms with Gasteiger partial charge >= 0.3 is 6.18 Å². The lowest BCUT2D eigenvalue weighted by Gasteiger charge is -2.03. The van der Waals surface area contributed by atoms with Crippen LogP contribution in [-0.2, 0) is 12.7 Å². The molecule has 0 saturated heterocycles. The van der Waals surface area contributed by atoms with Crippen molar-refractivity contribution in [3.63, 3.8) is 0 Å². The monoisotopic (exact) mass is 283 g/mol. The molecule has 2 heterocycles. The predicted molar refractivity (Wildman–Crippen MR) is 64.0 cm³/mol. The van der Waals surface area contributed by atoms with Crippen LogP contribution in [-0.4, -0.2) is 26.0 Å². The molecule has 0 amide bonds. The first-order valence-electron chi connectivity index (χ1n) is 6.20. The van der Waals surface area contributed by atoms with E-state index in [1.54, 1.807) is 12.1 Å². The number of hydrogen-bond donors (Lipinski definition) is 1. The molecule has 3 rings (SSSR count). The van der Waals surface area contributed by atoms with E-state index in [0.717, 1.165) is 22.8 Å². The number of halogens is 3. The maximum Gasteiger partial charge on any atom is 0.419 e. The van der Waals surface area contributed by atoms with Gasteiger partial charge in [0.2, 0.25) is 0 Å². The van der Waals surface area contributed by atoms with E-state index in [2.05, 4.69) is 20.6 Å². The van der Waals surface area contributed by atoms with Crippen LogP contribution >= 0.6 is 0 Å². The molecular weight excluding hydrogens is 271 g/mol. The molecule has 2 aromatic rings. The standard InChI is InChI=1S/C12H12F3N5/c13-12(14,15)8-5-17-20(7-8)11-4-3-10(18-19-11)6-16-9-1-2-9/h3-5,7,9,16H,1-2,6H2. The molecule has 0 aliphatic heterocycles. The molecule has 2 aromatic heterocycles. The molecule has 0 spiro atoms. The molecule has 1 N–H and O–H groups in total. The zero-order chi connectivity index (χ0) is 14.2. The van der Waals surface area contributed by atoms with E-state index >= 15 is 0 Å². The fourth-order valence-electron chi connectivity index (χ4n) is 1.70. The van der Waals surface area contributed by atoms with Crippen LogP contribution in [0.25, 0.3) is 5.82 Å². The number of hydrogen-bond acceptors (Lipinski definition) is 4. The molecule has 5 nitrogen and oxygen atoms in total. The molecule has 0 radical (unpaired) electrons. The highest BCUT2D eigenvalue weighted by atomic mass is 19.4. The minimum absolute atomic E-state index is 0.260. The van der Waals surface area contributed by atoms with Crippen LogP contribution in [0.4, 0.5) is 13.2 Å². The first kappa shape index (κ1) is 13.0. The van der Waals surface area contributed by atoms with Crippen molar-refractivity contribution in [2.45, 2.75) is 31.6 Å². The van der Waals surface area contributed by atoms with Gasteiger partial charge in [-0.15, -0.1) is 5.10 Å². The van der Waals surface area contributed by atoms with Crippen molar-refractivity contribution in [1.82, 2.24) is 25.3 Å². The molecule has 0 aromatic carbocycles. The van der Waals surface area contributed by atoms with Crippen molar-refractivity contribution in [3.8, 4) is 5.82 Å². The van der Waals surface area contributed by atoms with Crippen LogP contribution in [0, 0.1) is 0 Å². The number of alkyl halides is 3. The normalized spacial score (nSPS) is 15.6. The Morgan fingerprint density at radius 2 is 2.05 bits per heavy atom. The summed E-state index contributed by atoms with van der Waals surface area (Å²) in [5, 5.41) is 14.8. The fraction of sp³-hybridized carbons (Fsp3) is 0.417. The van der Waals surface area contributed by atoms with Crippen LogP contribution < -0.4 is 5.32 Å². The van der Waals surface area contributed by atoms with E-state index in [-0.39, 0.29) is 5.82 Å². The van der Waals surface area contributed by atoms with Gasteiger partial charge in [0.05, 0.1) is 17.5 Å².